The summed E-state index contributed by atoms with van der Waals surface area (Å²) in [6, 6.07) is 12.6. The van der Waals surface area contributed by atoms with Crippen molar-refractivity contribution < 1.29 is 45.0 Å². The molecule has 18 heteroatoms. The van der Waals surface area contributed by atoms with Gasteiger partial charge in [-0.05, 0) is 90.6 Å². The van der Waals surface area contributed by atoms with Crippen LogP contribution in [-0.4, -0.2) is 86.1 Å². The molecule has 4 aromatic rings. The van der Waals surface area contributed by atoms with Crippen LogP contribution < -0.4 is 23.2 Å². The number of hydrogen-bond acceptors (Lipinski definition) is 17. The van der Waals surface area contributed by atoms with E-state index in [4.69, 9.17) is 23.2 Å². The number of carbonyl (C=O) groups is 3. The van der Waals surface area contributed by atoms with Gasteiger partial charge >= 0.3 is 0 Å². The van der Waals surface area contributed by atoms with Crippen molar-refractivity contribution in [1.29, 1.82) is 0 Å². The molecule has 0 aliphatic rings. The van der Waals surface area contributed by atoms with Gasteiger partial charge in [0.1, 0.15) is 0 Å². The van der Waals surface area contributed by atoms with E-state index in [1.807, 2.05) is 6.92 Å². The number of phenols is 6. The molecule has 0 spiro atoms. The average molecular weight is 866 g/mol. The van der Waals surface area contributed by atoms with E-state index in [1.165, 1.54) is 95.3 Å². The molecule has 0 saturated heterocycles. The first-order chi connectivity index (χ1) is 29.9. The molecule has 0 aliphatic heterocycles. The predicted molar refractivity (Wildman–Crippen MR) is 237 cm³/mol. The molecule has 334 valence electrons. The van der Waals surface area contributed by atoms with Crippen molar-refractivity contribution in [3.63, 3.8) is 0 Å². The van der Waals surface area contributed by atoms with E-state index in [1.54, 1.807) is 29.1 Å². The Morgan fingerprint density at radius 3 is 1.40 bits per heavy atom. The van der Waals surface area contributed by atoms with E-state index in [9.17, 15) is 45.0 Å². The fourth-order valence-corrected chi connectivity index (χ4v) is 6.32. The van der Waals surface area contributed by atoms with Gasteiger partial charge in [0, 0.05) is 74.2 Å². The van der Waals surface area contributed by atoms with Crippen LogP contribution in [0.1, 0.15) is 67.8 Å². The standard InChI is InChI=1S/C45H55N9O9/c1-2-45(27-52(48)24-33(46)9-15-36(55)12-3-30-6-18-39(58)42(61)21-30,28-53(49)25-34(47)10-16-37(56)13-4-31-7-19-40(59)43(62)22-31)29-54-26-35(50-51-54)11-17-38(57)14-5-32-8-20-41(60)44(63)23-32/h3-8,12-14,18-26,58-63H,2,9-11,15-17,27-29,46-49H2,1H3/b12-3+,13-4+,14-5+,33-24-,34-25-. The monoisotopic (exact) mass is 865 g/mol. The Bertz CT molecular complexity index is 2290. The summed E-state index contributed by atoms with van der Waals surface area (Å²) in [6.07, 6.45) is 15.0. The molecule has 0 saturated carbocycles. The highest BCUT2D eigenvalue weighted by Gasteiger charge is 2.33. The summed E-state index contributed by atoms with van der Waals surface area (Å²) < 4.78 is 1.64. The summed E-state index contributed by atoms with van der Waals surface area (Å²) in [4.78, 5) is 37.8. The third kappa shape index (κ3) is 16.1. The lowest BCUT2D eigenvalue weighted by molar-refractivity contribution is -0.115. The number of aromatic hydroxyl groups is 6. The molecule has 1 aromatic heterocycles. The summed E-state index contributed by atoms with van der Waals surface area (Å²) in [7, 11) is 0. The second-order valence-electron chi connectivity index (χ2n) is 15.2. The lowest BCUT2D eigenvalue weighted by Gasteiger charge is -2.38. The van der Waals surface area contributed by atoms with E-state index < -0.39 is 5.41 Å². The molecule has 0 atom stereocenters. The van der Waals surface area contributed by atoms with Crippen molar-refractivity contribution >= 4 is 35.6 Å². The molecule has 3 aromatic carbocycles. The number of hydrazine groups is 2. The predicted octanol–water partition coefficient (Wildman–Crippen LogP) is 4.20. The van der Waals surface area contributed by atoms with Crippen LogP contribution >= 0.6 is 0 Å². The van der Waals surface area contributed by atoms with E-state index in [2.05, 4.69) is 10.3 Å². The Morgan fingerprint density at radius 1 is 0.619 bits per heavy atom. The first-order valence-electron chi connectivity index (χ1n) is 19.9. The van der Waals surface area contributed by atoms with E-state index in [-0.39, 0.29) is 104 Å². The van der Waals surface area contributed by atoms with Gasteiger partial charge in [-0.1, -0.05) is 48.6 Å². The molecular formula is C45H55N9O9. The van der Waals surface area contributed by atoms with Gasteiger partial charge in [-0.2, -0.15) is 0 Å². The highest BCUT2D eigenvalue weighted by molar-refractivity contribution is 5.94. The summed E-state index contributed by atoms with van der Waals surface area (Å²) in [5.74, 6) is 10.7. The molecule has 0 aliphatic carbocycles. The highest BCUT2D eigenvalue weighted by Crippen LogP contribution is 2.29. The van der Waals surface area contributed by atoms with Gasteiger partial charge < -0.3 is 52.1 Å². The molecule has 0 fully saturated rings. The molecule has 1 heterocycles. The molecule has 63 heavy (non-hydrogen) atoms. The summed E-state index contributed by atoms with van der Waals surface area (Å²) in [5, 5.41) is 69.1. The molecule has 14 N–H and O–H groups in total. The number of hydrogen-bond donors (Lipinski definition) is 10. The molecular weight excluding hydrogens is 811 g/mol. The van der Waals surface area contributed by atoms with Gasteiger partial charge in [0.25, 0.3) is 0 Å². The lowest BCUT2D eigenvalue weighted by atomic mass is 9.84. The maximum absolute atomic E-state index is 12.6. The Kier molecular flexibility index (Phi) is 17.5. The molecule has 0 radical (unpaired) electrons. The number of carbonyl (C=O) groups excluding carboxylic acids is 3. The Morgan fingerprint density at radius 2 is 1.02 bits per heavy atom. The van der Waals surface area contributed by atoms with Crippen LogP contribution in [0.4, 0.5) is 0 Å². The number of ketones is 3. The van der Waals surface area contributed by atoms with Crippen LogP contribution in [0, 0.1) is 5.41 Å². The van der Waals surface area contributed by atoms with Crippen molar-refractivity contribution in [2.75, 3.05) is 13.1 Å². The molecule has 0 amide bonds. The second kappa shape index (κ2) is 22.9. The van der Waals surface area contributed by atoms with E-state index in [0.717, 1.165) is 0 Å². The van der Waals surface area contributed by atoms with Crippen molar-refractivity contribution in [1.82, 2.24) is 25.0 Å². The van der Waals surface area contributed by atoms with Crippen molar-refractivity contribution in [3.05, 3.63) is 125 Å². The lowest BCUT2D eigenvalue weighted by Crippen LogP contribution is -2.49. The van der Waals surface area contributed by atoms with Crippen LogP contribution in [0.3, 0.4) is 0 Å². The minimum atomic E-state index is -0.723. The third-order valence-electron chi connectivity index (χ3n) is 9.86. The summed E-state index contributed by atoms with van der Waals surface area (Å²) >= 11 is 0. The maximum atomic E-state index is 12.6. The van der Waals surface area contributed by atoms with Gasteiger partial charge in [0.05, 0.1) is 12.2 Å². The fraction of sp³-hybridized carbons (Fsp3) is 0.267. The Labute approximate surface area is 364 Å². The SMILES string of the molecule is CCC(CN(N)/C=C(\N)CCC(=O)/C=C/c1ccc(O)c(O)c1)(CN(N)/C=C(\N)CCC(=O)/C=C/c1ccc(O)c(O)c1)Cn1cc(CCC(=O)/C=C/c2ccc(O)c(O)c2)nn1. The largest absolute Gasteiger partial charge is 0.504 e. The minimum absolute atomic E-state index is 0.0788. The smallest absolute Gasteiger partial charge is 0.157 e. The normalized spacial score (nSPS) is 12.4. The second-order valence-corrected chi connectivity index (χ2v) is 15.2. The quantitative estimate of drug-likeness (QED) is 0.0204. The third-order valence-corrected chi connectivity index (χ3v) is 9.86. The zero-order valence-electron chi connectivity index (χ0n) is 34.9. The number of nitrogens with two attached hydrogens (primary N) is 4. The minimum Gasteiger partial charge on any atom is -0.504 e. The molecule has 0 bridgehead atoms. The average Bonchev–Trinajstić information content (AvgIpc) is 3.69. The number of aryl methyl sites for hydroxylation is 1. The van der Waals surface area contributed by atoms with Crippen LogP contribution in [0.2, 0.25) is 0 Å². The van der Waals surface area contributed by atoms with Crippen LogP contribution in [0.5, 0.6) is 34.5 Å². The Hall–Kier alpha value is -7.57. The maximum Gasteiger partial charge on any atom is 0.157 e. The molecule has 4 rings (SSSR count). The number of rotatable bonds is 24. The van der Waals surface area contributed by atoms with Crippen LogP contribution in [0.25, 0.3) is 18.2 Å². The van der Waals surface area contributed by atoms with Gasteiger partial charge in [-0.25, -0.2) is 11.7 Å². The number of aromatic nitrogens is 3. The zero-order chi connectivity index (χ0) is 46.1. The van der Waals surface area contributed by atoms with Crippen molar-refractivity contribution in [2.24, 2.45) is 28.6 Å². The van der Waals surface area contributed by atoms with Gasteiger partial charge in [0.15, 0.2) is 51.8 Å². The number of benzene rings is 3. The molecule has 0 unspecified atom stereocenters. The first-order valence-corrected chi connectivity index (χ1v) is 19.9. The number of allylic oxidation sites excluding steroid dienone is 5. The Balaban J connectivity index is 1.43. The number of phenolic OH excluding ortho intramolecular Hbond substituents is 6. The highest BCUT2D eigenvalue weighted by atomic mass is 16.3. The van der Waals surface area contributed by atoms with Gasteiger partial charge in [0.2, 0.25) is 0 Å². The first kappa shape index (κ1) is 48.1. The zero-order valence-corrected chi connectivity index (χ0v) is 34.9. The van der Waals surface area contributed by atoms with Crippen LogP contribution in [-0.2, 0) is 27.3 Å². The molecule has 18 nitrogen and oxygen atoms in total. The van der Waals surface area contributed by atoms with Gasteiger partial charge in [-0.15, -0.1) is 5.10 Å². The van der Waals surface area contributed by atoms with Gasteiger partial charge in [-0.3, -0.25) is 19.1 Å². The number of nitrogens with zero attached hydrogens (tertiary/aromatic N) is 5. The summed E-state index contributed by atoms with van der Waals surface area (Å²) in [6.45, 7) is 2.62. The fourth-order valence-electron chi connectivity index (χ4n) is 6.32. The van der Waals surface area contributed by atoms with Crippen LogP contribution in [0.15, 0.2) is 103 Å². The topological polar surface area (TPSA) is 314 Å². The van der Waals surface area contributed by atoms with E-state index >= 15 is 0 Å². The van der Waals surface area contributed by atoms with Crippen molar-refractivity contribution in [2.45, 2.75) is 58.4 Å². The van der Waals surface area contributed by atoms with E-state index in [0.29, 0.717) is 46.6 Å². The summed E-state index contributed by atoms with van der Waals surface area (Å²) in [5.41, 5.74) is 14.7. The van der Waals surface area contributed by atoms with Crippen molar-refractivity contribution in [3.8, 4) is 34.5 Å².